The minimum absolute atomic E-state index is 0.154. The van der Waals surface area contributed by atoms with E-state index in [1.54, 1.807) is 19.1 Å². The number of aliphatic carboxylic acids is 1. The maximum Gasteiger partial charge on any atom is 0.326 e. The van der Waals surface area contributed by atoms with Crippen molar-refractivity contribution < 1.29 is 14.7 Å². The third kappa shape index (κ3) is 4.23. The Morgan fingerprint density at radius 1 is 1.30 bits per heavy atom. The number of carbonyl (C=O) groups excluding carboxylic acids is 1. The van der Waals surface area contributed by atoms with Crippen LogP contribution in [0.2, 0.25) is 0 Å². The summed E-state index contributed by atoms with van der Waals surface area (Å²) in [5, 5.41) is 10.8. The second-order valence-corrected chi connectivity index (χ2v) is 5.42. The van der Waals surface area contributed by atoms with Crippen molar-refractivity contribution in [2.24, 2.45) is 5.92 Å². The number of alkyl halides is 1. The molecule has 4 nitrogen and oxygen atoms in total. The molecule has 0 aromatic heterocycles. The number of hydrogen-bond acceptors (Lipinski definition) is 2. The Kier molecular flexibility index (Phi) is 6.02. The zero-order valence-corrected chi connectivity index (χ0v) is 12.6. The van der Waals surface area contributed by atoms with Gasteiger partial charge in [0, 0.05) is 0 Å². The molecule has 5 heteroatoms. The van der Waals surface area contributed by atoms with Crippen molar-refractivity contribution in [1.29, 1.82) is 0 Å². The standard InChI is InChI=1S/C15H20ClNO3/c1-4-10(3)13(15(19)20)17-14(18)12(16)11-7-5-9(2)6-8-11/h5-8,10,12-13H,4H2,1-3H3,(H,17,18)(H,19,20). The van der Waals surface area contributed by atoms with E-state index in [0.717, 1.165) is 5.56 Å². The molecule has 20 heavy (non-hydrogen) atoms. The van der Waals surface area contributed by atoms with Crippen LogP contribution in [0, 0.1) is 12.8 Å². The molecule has 0 aliphatic carbocycles. The Labute approximate surface area is 124 Å². The molecule has 0 spiro atoms. The molecule has 1 amide bonds. The van der Waals surface area contributed by atoms with Crippen LogP contribution in [-0.4, -0.2) is 23.0 Å². The largest absolute Gasteiger partial charge is 0.480 e. The first-order valence-corrected chi connectivity index (χ1v) is 7.04. The lowest BCUT2D eigenvalue weighted by Crippen LogP contribution is -2.46. The molecule has 0 aliphatic rings. The fourth-order valence-corrected chi connectivity index (χ4v) is 2.00. The number of nitrogens with one attached hydrogen (secondary N) is 1. The molecule has 0 saturated carbocycles. The van der Waals surface area contributed by atoms with Crippen molar-refractivity contribution in [2.75, 3.05) is 0 Å². The number of carboxylic acids is 1. The zero-order chi connectivity index (χ0) is 15.3. The Bertz CT molecular complexity index is 473. The maximum atomic E-state index is 12.1. The van der Waals surface area contributed by atoms with Gasteiger partial charge in [-0.05, 0) is 18.4 Å². The number of carboxylic acid groups (broad SMARTS) is 1. The third-order valence-corrected chi connectivity index (χ3v) is 3.83. The van der Waals surface area contributed by atoms with Crippen molar-refractivity contribution in [3.8, 4) is 0 Å². The summed E-state index contributed by atoms with van der Waals surface area (Å²) in [6, 6.07) is 6.35. The topological polar surface area (TPSA) is 66.4 Å². The van der Waals surface area contributed by atoms with E-state index in [0.29, 0.717) is 12.0 Å². The second-order valence-electron chi connectivity index (χ2n) is 4.98. The fourth-order valence-electron chi connectivity index (χ4n) is 1.80. The van der Waals surface area contributed by atoms with Gasteiger partial charge < -0.3 is 10.4 Å². The number of amides is 1. The first-order valence-electron chi connectivity index (χ1n) is 6.60. The van der Waals surface area contributed by atoms with E-state index < -0.39 is 23.3 Å². The molecule has 2 N–H and O–H groups in total. The fraction of sp³-hybridized carbons (Fsp3) is 0.467. The third-order valence-electron chi connectivity index (χ3n) is 3.38. The van der Waals surface area contributed by atoms with Gasteiger partial charge in [0.15, 0.2) is 0 Å². The van der Waals surface area contributed by atoms with Crippen LogP contribution in [-0.2, 0) is 9.59 Å². The number of hydrogen-bond donors (Lipinski definition) is 2. The molecule has 0 bridgehead atoms. The van der Waals surface area contributed by atoms with Gasteiger partial charge in [-0.1, -0.05) is 50.1 Å². The van der Waals surface area contributed by atoms with Crippen molar-refractivity contribution in [2.45, 2.75) is 38.6 Å². The SMILES string of the molecule is CCC(C)C(NC(=O)C(Cl)c1ccc(C)cc1)C(=O)O. The van der Waals surface area contributed by atoms with Gasteiger partial charge in [0.25, 0.3) is 0 Å². The Morgan fingerprint density at radius 2 is 1.85 bits per heavy atom. The first kappa shape index (κ1) is 16.5. The van der Waals surface area contributed by atoms with E-state index in [2.05, 4.69) is 5.32 Å². The summed E-state index contributed by atoms with van der Waals surface area (Å²) in [6.45, 7) is 5.61. The summed E-state index contributed by atoms with van der Waals surface area (Å²) in [5.74, 6) is -1.68. The molecule has 0 radical (unpaired) electrons. The van der Waals surface area contributed by atoms with E-state index in [4.69, 9.17) is 16.7 Å². The monoisotopic (exact) mass is 297 g/mol. The van der Waals surface area contributed by atoms with Crippen LogP contribution in [0.3, 0.4) is 0 Å². The summed E-state index contributed by atoms with van der Waals surface area (Å²) < 4.78 is 0. The van der Waals surface area contributed by atoms with E-state index in [9.17, 15) is 9.59 Å². The van der Waals surface area contributed by atoms with Gasteiger partial charge >= 0.3 is 5.97 Å². The van der Waals surface area contributed by atoms with Crippen molar-refractivity contribution in [3.63, 3.8) is 0 Å². The van der Waals surface area contributed by atoms with E-state index >= 15 is 0 Å². The van der Waals surface area contributed by atoms with Gasteiger partial charge in [-0.15, -0.1) is 11.6 Å². The molecule has 0 aliphatic heterocycles. The molecule has 1 aromatic carbocycles. The van der Waals surface area contributed by atoms with Crippen LogP contribution in [0.5, 0.6) is 0 Å². The number of halogens is 1. The minimum Gasteiger partial charge on any atom is -0.480 e. The lowest BCUT2D eigenvalue weighted by Gasteiger charge is -2.21. The van der Waals surface area contributed by atoms with E-state index in [1.165, 1.54) is 0 Å². The predicted molar refractivity (Wildman–Crippen MR) is 78.8 cm³/mol. The van der Waals surface area contributed by atoms with Crippen molar-refractivity contribution >= 4 is 23.5 Å². The molecular weight excluding hydrogens is 278 g/mol. The van der Waals surface area contributed by atoms with Gasteiger partial charge in [-0.25, -0.2) is 4.79 Å². The lowest BCUT2D eigenvalue weighted by molar-refractivity contribution is -0.143. The van der Waals surface area contributed by atoms with E-state index in [-0.39, 0.29) is 5.92 Å². The second kappa shape index (κ2) is 7.29. The highest BCUT2D eigenvalue weighted by Crippen LogP contribution is 2.21. The smallest absolute Gasteiger partial charge is 0.326 e. The van der Waals surface area contributed by atoms with Crippen molar-refractivity contribution in [1.82, 2.24) is 5.32 Å². The number of benzene rings is 1. The molecule has 110 valence electrons. The summed E-state index contributed by atoms with van der Waals surface area (Å²) in [4.78, 5) is 23.2. The quantitative estimate of drug-likeness (QED) is 0.793. The summed E-state index contributed by atoms with van der Waals surface area (Å²) in [7, 11) is 0. The van der Waals surface area contributed by atoms with Crippen LogP contribution in [0.15, 0.2) is 24.3 Å². The zero-order valence-electron chi connectivity index (χ0n) is 11.9. The maximum absolute atomic E-state index is 12.1. The van der Waals surface area contributed by atoms with Gasteiger partial charge in [0.1, 0.15) is 11.4 Å². The lowest BCUT2D eigenvalue weighted by atomic mass is 9.99. The van der Waals surface area contributed by atoms with Gasteiger partial charge in [0.05, 0.1) is 0 Å². The normalized spacial score (nSPS) is 15.2. The van der Waals surface area contributed by atoms with Crippen LogP contribution in [0.25, 0.3) is 0 Å². The number of aryl methyl sites for hydroxylation is 1. The Hall–Kier alpha value is -1.55. The van der Waals surface area contributed by atoms with Crippen LogP contribution >= 0.6 is 11.6 Å². The van der Waals surface area contributed by atoms with Crippen LogP contribution in [0.4, 0.5) is 0 Å². The average molecular weight is 298 g/mol. The van der Waals surface area contributed by atoms with Crippen LogP contribution < -0.4 is 5.32 Å². The van der Waals surface area contributed by atoms with E-state index in [1.807, 2.05) is 26.0 Å². The highest BCUT2D eigenvalue weighted by atomic mass is 35.5. The van der Waals surface area contributed by atoms with Crippen molar-refractivity contribution in [3.05, 3.63) is 35.4 Å². The molecule has 1 aromatic rings. The molecule has 0 saturated heterocycles. The minimum atomic E-state index is -1.04. The highest BCUT2D eigenvalue weighted by Gasteiger charge is 2.28. The molecule has 3 unspecified atom stereocenters. The summed E-state index contributed by atoms with van der Waals surface area (Å²) >= 11 is 6.10. The first-order chi connectivity index (χ1) is 9.36. The summed E-state index contributed by atoms with van der Waals surface area (Å²) in [6.07, 6.45) is 0.661. The molecule has 0 heterocycles. The number of carbonyl (C=O) groups is 2. The molecule has 3 atom stereocenters. The molecule has 0 fully saturated rings. The Morgan fingerprint density at radius 3 is 2.30 bits per heavy atom. The van der Waals surface area contributed by atoms with Gasteiger partial charge in [-0.3, -0.25) is 4.79 Å². The predicted octanol–water partition coefficient (Wildman–Crippen LogP) is 2.89. The average Bonchev–Trinajstić information content (AvgIpc) is 2.43. The van der Waals surface area contributed by atoms with Gasteiger partial charge in [0.2, 0.25) is 5.91 Å². The Balaban J connectivity index is 2.78. The van der Waals surface area contributed by atoms with Crippen LogP contribution in [0.1, 0.15) is 36.8 Å². The number of rotatable bonds is 6. The molecular formula is C15H20ClNO3. The summed E-state index contributed by atoms with van der Waals surface area (Å²) in [5.41, 5.74) is 1.73. The highest BCUT2D eigenvalue weighted by molar-refractivity contribution is 6.30. The van der Waals surface area contributed by atoms with Gasteiger partial charge in [-0.2, -0.15) is 0 Å². The molecule has 1 rings (SSSR count).